The minimum absolute atomic E-state index is 0.115. The van der Waals surface area contributed by atoms with E-state index in [-0.39, 0.29) is 24.2 Å². The van der Waals surface area contributed by atoms with E-state index in [1.807, 2.05) is 66.7 Å². The first kappa shape index (κ1) is 31.4. The summed E-state index contributed by atoms with van der Waals surface area (Å²) in [4.78, 5) is 21.7. The fraction of sp³-hybridized carbons (Fsp3) is 0.414. The summed E-state index contributed by atoms with van der Waals surface area (Å²) in [5.41, 5.74) is 3.22. The van der Waals surface area contributed by atoms with Gasteiger partial charge >= 0.3 is 6.09 Å². The number of hydrogen-bond donors (Lipinski definition) is 1. The first-order valence-electron chi connectivity index (χ1n) is 12.9. The molecular formula is C29H37Br2N3O4Si. The number of nitrogens with zero attached hydrogens (tertiary/aromatic N) is 2. The number of amides is 1. The van der Waals surface area contributed by atoms with Gasteiger partial charge in [0, 0.05) is 13.0 Å². The molecule has 1 amide bonds. The van der Waals surface area contributed by atoms with Crippen LogP contribution in [-0.4, -0.2) is 31.0 Å². The molecule has 2 aromatic carbocycles. The van der Waals surface area contributed by atoms with Gasteiger partial charge in [-0.1, -0.05) is 113 Å². The zero-order chi connectivity index (χ0) is 28.5. The van der Waals surface area contributed by atoms with Crippen LogP contribution in [0.25, 0.3) is 0 Å². The van der Waals surface area contributed by atoms with Gasteiger partial charge in [-0.3, -0.25) is 5.32 Å². The van der Waals surface area contributed by atoms with Crippen LogP contribution in [-0.2, 0) is 37.0 Å². The van der Waals surface area contributed by atoms with Crippen LogP contribution in [0.5, 0.6) is 0 Å². The van der Waals surface area contributed by atoms with Gasteiger partial charge in [0.25, 0.3) is 0 Å². The molecule has 0 aliphatic carbocycles. The van der Waals surface area contributed by atoms with Crippen LogP contribution in [0, 0.1) is 0 Å². The molecule has 3 rings (SSSR count). The summed E-state index contributed by atoms with van der Waals surface area (Å²) in [6, 6.07) is 21.3. The Balaban J connectivity index is 1.73. The van der Waals surface area contributed by atoms with E-state index in [1.165, 1.54) is 0 Å². The smallest absolute Gasteiger partial charge is 0.414 e. The zero-order valence-electron chi connectivity index (χ0n) is 23.2. The Morgan fingerprint density at radius 3 is 2.08 bits per heavy atom. The maximum atomic E-state index is 12.6. The quantitative estimate of drug-likeness (QED) is 0.153. The Morgan fingerprint density at radius 1 is 0.897 bits per heavy atom. The fourth-order valence-electron chi connectivity index (χ4n) is 3.29. The van der Waals surface area contributed by atoms with Gasteiger partial charge in [-0.2, -0.15) is 0 Å². The standard InChI is InChI=1S/C29H37Br2N3O4Si/c1-28(2,3)39(4,5)38-17-16-29(30,31)25-18-24(21-36-19-22-12-8-6-9-13-22)32-26(33-25)34-27(35)37-20-23-14-10-7-11-15-23/h6-15,18H,16-17,19-21H2,1-5H3,(H,32,33,34,35). The second-order valence-electron chi connectivity index (χ2n) is 10.8. The van der Waals surface area contributed by atoms with E-state index in [9.17, 15) is 4.79 Å². The van der Waals surface area contributed by atoms with E-state index < -0.39 is 17.6 Å². The molecule has 0 atom stereocenters. The van der Waals surface area contributed by atoms with Crippen LogP contribution in [0.4, 0.5) is 10.7 Å². The number of carbonyl (C=O) groups excluding carboxylic acids is 1. The predicted octanol–water partition coefficient (Wildman–Crippen LogP) is 8.30. The number of nitrogens with one attached hydrogen (secondary N) is 1. The van der Waals surface area contributed by atoms with E-state index in [4.69, 9.17) is 13.9 Å². The first-order chi connectivity index (χ1) is 18.4. The molecule has 1 N–H and O–H groups in total. The van der Waals surface area contributed by atoms with Crippen molar-refractivity contribution in [1.29, 1.82) is 0 Å². The minimum Gasteiger partial charge on any atom is -0.444 e. The number of benzene rings is 2. The monoisotopic (exact) mass is 677 g/mol. The highest BCUT2D eigenvalue weighted by atomic mass is 79.9. The molecule has 0 saturated heterocycles. The Hall–Kier alpha value is -2.11. The number of alkyl halides is 2. The van der Waals surface area contributed by atoms with Gasteiger partial charge in [0.2, 0.25) is 5.95 Å². The maximum Gasteiger partial charge on any atom is 0.414 e. The van der Waals surface area contributed by atoms with Crippen LogP contribution < -0.4 is 5.32 Å². The third kappa shape index (κ3) is 10.1. The van der Waals surface area contributed by atoms with E-state index >= 15 is 0 Å². The van der Waals surface area contributed by atoms with Crippen molar-refractivity contribution in [1.82, 2.24) is 9.97 Å². The molecule has 1 aromatic heterocycles. The molecule has 1 heterocycles. The van der Waals surface area contributed by atoms with Gasteiger partial charge in [0.05, 0.1) is 24.6 Å². The van der Waals surface area contributed by atoms with Gasteiger partial charge in [-0.25, -0.2) is 14.8 Å². The summed E-state index contributed by atoms with van der Waals surface area (Å²) in [6.07, 6.45) is -0.0261. The molecule has 0 radical (unpaired) electrons. The van der Waals surface area contributed by atoms with Gasteiger partial charge in [-0.15, -0.1) is 0 Å². The number of carbonyl (C=O) groups is 1. The lowest BCUT2D eigenvalue weighted by molar-refractivity contribution is 0.104. The van der Waals surface area contributed by atoms with E-state index in [0.717, 1.165) is 11.1 Å². The van der Waals surface area contributed by atoms with Gasteiger partial charge < -0.3 is 13.9 Å². The number of rotatable bonds is 12. The van der Waals surface area contributed by atoms with Crippen molar-refractivity contribution in [2.75, 3.05) is 11.9 Å². The van der Waals surface area contributed by atoms with E-state index in [0.29, 0.717) is 31.0 Å². The third-order valence-corrected chi connectivity index (χ3v) is 12.8. The molecule has 0 spiro atoms. The maximum absolute atomic E-state index is 12.6. The number of anilines is 1. The largest absolute Gasteiger partial charge is 0.444 e. The predicted molar refractivity (Wildman–Crippen MR) is 165 cm³/mol. The SMILES string of the molecule is CC(C)(C)[Si](C)(C)OCCC(Br)(Br)c1cc(COCc2ccccc2)nc(NC(=O)OCc2ccccc2)n1. The molecule has 3 aromatic rings. The lowest BCUT2D eigenvalue weighted by Crippen LogP contribution is -2.41. The third-order valence-electron chi connectivity index (χ3n) is 6.63. The van der Waals surface area contributed by atoms with Crippen molar-refractivity contribution in [2.24, 2.45) is 0 Å². The Morgan fingerprint density at radius 2 is 1.49 bits per heavy atom. The van der Waals surface area contributed by atoms with Gasteiger partial charge in [0.15, 0.2) is 8.32 Å². The molecule has 0 fully saturated rings. The highest BCUT2D eigenvalue weighted by Gasteiger charge is 2.38. The van der Waals surface area contributed by atoms with Gasteiger partial charge in [0.1, 0.15) is 9.84 Å². The van der Waals surface area contributed by atoms with Crippen LogP contribution in [0.2, 0.25) is 18.1 Å². The van der Waals surface area contributed by atoms with Crippen molar-refractivity contribution in [3.05, 3.63) is 89.2 Å². The topological polar surface area (TPSA) is 82.6 Å². The highest BCUT2D eigenvalue weighted by molar-refractivity contribution is 9.24. The molecule has 7 nitrogen and oxygen atoms in total. The van der Waals surface area contributed by atoms with Crippen LogP contribution in [0.1, 0.15) is 49.7 Å². The first-order valence-corrected chi connectivity index (χ1v) is 17.3. The molecule has 0 unspecified atom stereocenters. The molecule has 10 heteroatoms. The van der Waals surface area contributed by atoms with Crippen molar-refractivity contribution in [3.8, 4) is 0 Å². The fourth-order valence-corrected chi connectivity index (χ4v) is 5.07. The molecule has 210 valence electrons. The summed E-state index contributed by atoms with van der Waals surface area (Å²) in [7, 11) is -1.90. The number of ether oxygens (including phenoxy) is 2. The lowest BCUT2D eigenvalue weighted by Gasteiger charge is -2.36. The normalized spacial score (nSPS) is 12.3. The van der Waals surface area contributed by atoms with Crippen LogP contribution >= 0.6 is 31.9 Å². The van der Waals surface area contributed by atoms with Crippen molar-refractivity contribution in [2.45, 2.75) is 68.4 Å². The molecule has 39 heavy (non-hydrogen) atoms. The van der Waals surface area contributed by atoms with Crippen LogP contribution in [0.15, 0.2) is 66.7 Å². The van der Waals surface area contributed by atoms with Crippen molar-refractivity contribution < 1.29 is 18.7 Å². The summed E-state index contributed by atoms with van der Waals surface area (Å²) < 4.78 is 17.0. The number of aromatic nitrogens is 2. The second kappa shape index (κ2) is 14.0. The second-order valence-corrected chi connectivity index (χ2v) is 19.4. The van der Waals surface area contributed by atoms with E-state index in [1.54, 1.807) is 0 Å². The van der Waals surface area contributed by atoms with Gasteiger partial charge in [-0.05, 0) is 35.3 Å². The summed E-state index contributed by atoms with van der Waals surface area (Å²) in [5.74, 6) is 0.137. The number of halogens is 2. The molecule has 0 bridgehead atoms. The minimum atomic E-state index is -1.90. The lowest BCUT2D eigenvalue weighted by atomic mass is 10.2. The number of hydrogen-bond acceptors (Lipinski definition) is 6. The van der Waals surface area contributed by atoms with Crippen molar-refractivity contribution >= 4 is 52.2 Å². The Labute approximate surface area is 249 Å². The summed E-state index contributed by atoms with van der Waals surface area (Å²) >= 11 is 7.57. The van der Waals surface area contributed by atoms with E-state index in [2.05, 4.69) is 81.0 Å². The Bertz CT molecular complexity index is 1210. The molecule has 0 aliphatic heterocycles. The summed E-state index contributed by atoms with van der Waals surface area (Å²) in [5, 5.41) is 2.78. The molecule has 0 saturated carbocycles. The zero-order valence-corrected chi connectivity index (χ0v) is 27.3. The Kier molecular flexibility index (Phi) is 11.3. The highest BCUT2D eigenvalue weighted by Crippen LogP contribution is 2.42. The van der Waals surface area contributed by atoms with Crippen molar-refractivity contribution in [3.63, 3.8) is 0 Å². The molecular weight excluding hydrogens is 642 g/mol. The summed E-state index contributed by atoms with van der Waals surface area (Å²) in [6.45, 7) is 12.5. The molecule has 0 aliphatic rings. The van der Waals surface area contributed by atoms with Crippen LogP contribution in [0.3, 0.4) is 0 Å². The average Bonchev–Trinajstić information content (AvgIpc) is 2.88. The average molecular weight is 680 g/mol.